The van der Waals surface area contributed by atoms with Crippen molar-refractivity contribution in [2.24, 2.45) is 0 Å². The Morgan fingerprint density at radius 1 is 1.43 bits per heavy atom. The van der Waals surface area contributed by atoms with Crippen LogP contribution in [0.3, 0.4) is 0 Å². The highest BCUT2D eigenvalue weighted by molar-refractivity contribution is 9.10. The van der Waals surface area contributed by atoms with Crippen molar-refractivity contribution in [3.8, 4) is 0 Å². The molecule has 4 heteroatoms. The predicted octanol–water partition coefficient (Wildman–Crippen LogP) is 2.32. The summed E-state index contributed by atoms with van der Waals surface area (Å²) in [6.45, 7) is 1.67. The maximum Gasteiger partial charge on any atom is 0.0588 e. The number of rotatable bonds is 1. The van der Waals surface area contributed by atoms with Gasteiger partial charge in [-0.25, -0.2) is 0 Å². The van der Waals surface area contributed by atoms with E-state index < -0.39 is 0 Å². The Kier molecular flexibility index (Phi) is 3.03. The van der Waals surface area contributed by atoms with E-state index in [-0.39, 0.29) is 0 Å². The number of hydrogen-bond acceptors (Lipinski definition) is 3. The number of ether oxygens (including phenoxy) is 1. The lowest BCUT2D eigenvalue weighted by Gasteiger charge is -2.21. The molecule has 0 spiro atoms. The van der Waals surface area contributed by atoms with Crippen LogP contribution in [0.5, 0.6) is 0 Å². The first kappa shape index (κ1) is 9.93. The van der Waals surface area contributed by atoms with Crippen LogP contribution in [0.25, 0.3) is 0 Å². The molecule has 1 aromatic rings. The Labute approximate surface area is 91.8 Å². The summed E-state index contributed by atoms with van der Waals surface area (Å²) in [5.41, 5.74) is 7.67. The average molecular weight is 257 g/mol. The third-order valence-corrected chi connectivity index (χ3v) is 3.21. The minimum Gasteiger partial charge on any atom is -0.398 e. The Morgan fingerprint density at radius 2 is 2.14 bits per heavy atom. The van der Waals surface area contributed by atoms with E-state index in [4.69, 9.17) is 10.5 Å². The molecular formula is C10H13BrN2O. The predicted molar refractivity (Wildman–Crippen MR) is 59.1 cm³/mol. The highest BCUT2D eigenvalue weighted by atomic mass is 79.9. The van der Waals surface area contributed by atoms with Crippen molar-refractivity contribution in [1.29, 1.82) is 0 Å². The number of pyridine rings is 1. The maximum atomic E-state index is 5.81. The number of halogens is 1. The topological polar surface area (TPSA) is 48.1 Å². The van der Waals surface area contributed by atoms with E-state index in [0.717, 1.165) is 41.9 Å². The monoisotopic (exact) mass is 256 g/mol. The molecule has 0 bridgehead atoms. The van der Waals surface area contributed by atoms with Crippen LogP contribution in [0.15, 0.2) is 16.7 Å². The molecule has 0 unspecified atom stereocenters. The molecule has 1 saturated heterocycles. The number of hydrogen-bond donors (Lipinski definition) is 1. The van der Waals surface area contributed by atoms with Crippen molar-refractivity contribution < 1.29 is 4.74 Å². The molecule has 2 heterocycles. The normalized spacial score (nSPS) is 18.4. The molecule has 0 radical (unpaired) electrons. The van der Waals surface area contributed by atoms with Gasteiger partial charge < -0.3 is 10.5 Å². The fraction of sp³-hybridized carbons (Fsp3) is 0.500. The van der Waals surface area contributed by atoms with Gasteiger partial charge in [-0.1, -0.05) is 0 Å². The SMILES string of the molecule is Nc1cc(C2CCOCC2)ncc1Br. The highest BCUT2D eigenvalue weighted by Gasteiger charge is 2.17. The third kappa shape index (κ3) is 2.07. The number of anilines is 1. The molecule has 2 rings (SSSR count). The molecule has 1 aliphatic rings. The van der Waals surface area contributed by atoms with Gasteiger partial charge in [0, 0.05) is 36.7 Å². The van der Waals surface area contributed by atoms with Crippen molar-refractivity contribution >= 4 is 21.6 Å². The lowest BCUT2D eigenvalue weighted by molar-refractivity contribution is 0.0845. The maximum absolute atomic E-state index is 5.81. The molecular weight excluding hydrogens is 244 g/mol. The Morgan fingerprint density at radius 3 is 2.79 bits per heavy atom. The van der Waals surface area contributed by atoms with Crippen molar-refractivity contribution in [3.63, 3.8) is 0 Å². The standard InChI is InChI=1S/C10H13BrN2O/c11-8-6-13-10(5-9(8)12)7-1-3-14-4-2-7/h5-7H,1-4H2,(H2,12,13). The van der Waals surface area contributed by atoms with Gasteiger partial charge in [0.25, 0.3) is 0 Å². The molecule has 0 saturated carbocycles. The van der Waals surface area contributed by atoms with Gasteiger partial charge in [-0.15, -0.1) is 0 Å². The minimum absolute atomic E-state index is 0.513. The van der Waals surface area contributed by atoms with Gasteiger partial charge in [0.2, 0.25) is 0 Å². The van der Waals surface area contributed by atoms with E-state index in [0.29, 0.717) is 5.92 Å². The summed E-state index contributed by atoms with van der Waals surface area (Å²) in [6.07, 6.45) is 3.88. The summed E-state index contributed by atoms with van der Waals surface area (Å²) in [5.74, 6) is 0.513. The zero-order chi connectivity index (χ0) is 9.97. The van der Waals surface area contributed by atoms with Crippen molar-refractivity contribution in [2.45, 2.75) is 18.8 Å². The van der Waals surface area contributed by atoms with E-state index in [1.807, 2.05) is 6.07 Å². The zero-order valence-corrected chi connectivity index (χ0v) is 9.46. The number of nitrogens with two attached hydrogens (primary N) is 1. The van der Waals surface area contributed by atoms with Gasteiger partial charge >= 0.3 is 0 Å². The van der Waals surface area contributed by atoms with Crippen LogP contribution in [0, 0.1) is 0 Å². The molecule has 0 atom stereocenters. The Balaban J connectivity index is 2.18. The second-order valence-corrected chi connectivity index (χ2v) is 4.37. The fourth-order valence-electron chi connectivity index (χ4n) is 1.69. The molecule has 0 aromatic carbocycles. The summed E-state index contributed by atoms with van der Waals surface area (Å²) >= 11 is 3.34. The van der Waals surface area contributed by atoms with E-state index >= 15 is 0 Å². The third-order valence-electron chi connectivity index (χ3n) is 2.55. The van der Waals surface area contributed by atoms with E-state index in [9.17, 15) is 0 Å². The average Bonchev–Trinajstić information content (AvgIpc) is 2.23. The summed E-state index contributed by atoms with van der Waals surface area (Å²) in [5, 5.41) is 0. The largest absolute Gasteiger partial charge is 0.398 e. The first-order valence-electron chi connectivity index (χ1n) is 4.76. The first-order valence-corrected chi connectivity index (χ1v) is 5.55. The van der Waals surface area contributed by atoms with Crippen LogP contribution in [0.4, 0.5) is 5.69 Å². The van der Waals surface area contributed by atoms with Crippen molar-refractivity contribution in [1.82, 2.24) is 4.98 Å². The van der Waals surface area contributed by atoms with Gasteiger partial charge in [-0.2, -0.15) is 0 Å². The van der Waals surface area contributed by atoms with E-state index in [1.165, 1.54) is 0 Å². The summed E-state index contributed by atoms with van der Waals surface area (Å²) in [6, 6.07) is 1.96. The Hall–Kier alpha value is -0.610. The molecule has 1 fully saturated rings. The molecule has 1 aromatic heterocycles. The fourth-order valence-corrected chi connectivity index (χ4v) is 1.90. The van der Waals surface area contributed by atoms with E-state index in [1.54, 1.807) is 6.20 Å². The molecule has 0 amide bonds. The molecule has 14 heavy (non-hydrogen) atoms. The van der Waals surface area contributed by atoms with E-state index in [2.05, 4.69) is 20.9 Å². The number of aromatic nitrogens is 1. The van der Waals surface area contributed by atoms with Gasteiger partial charge in [-0.3, -0.25) is 4.98 Å². The lowest BCUT2D eigenvalue weighted by atomic mass is 9.96. The van der Waals surface area contributed by atoms with Gasteiger partial charge in [-0.05, 0) is 34.8 Å². The van der Waals surface area contributed by atoms with Crippen LogP contribution < -0.4 is 5.73 Å². The van der Waals surface area contributed by atoms with Crippen LogP contribution >= 0.6 is 15.9 Å². The highest BCUT2D eigenvalue weighted by Crippen LogP contribution is 2.28. The second kappa shape index (κ2) is 4.28. The molecule has 76 valence electrons. The number of nitrogens with zero attached hydrogens (tertiary/aromatic N) is 1. The summed E-state index contributed by atoms with van der Waals surface area (Å²) < 4.78 is 6.18. The Bertz CT molecular complexity index is 324. The number of nitrogen functional groups attached to an aromatic ring is 1. The van der Waals surface area contributed by atoms with Crippen LogP contribution in [0.2, 0.25) is 0 Å². The lowest BCUT2D eigenvalue weighted by Crippen LogP contribution is -2.15. The van der Waals surface area contributed by atoms with Crippen molar-refractivity contribution in [2.75, 3.05) is 18.9 Å². The molecule has 2 N–H and O–H groups in total. The van der Waals surface area contributed by atoms with Gasteiger partial charge in [0.15, 0.2) is 0 Å². The molecule has 1 aliphatic heterocycles. The van der Waals surface area contributed by atoms with Crippen molar-refractivity contribution in [3.05, 3.63) is 22.4 Å². The zero-order valence-electron chi connectivity index (χ0n) is 7.87. The van der Waals surface area contributed by atoms with Crippen LogP contribution in [0.1, 0.15) is 24.5 Å². The smallest absolute Gasteiger partial charge is 0.0588 e. The molecule has 3 nitrogen and oxygen atoms in total. The summed E-state index contributed by atoms with van der Waals surface area (Å²) in [4.78, 5) is 4.38. The van der Waals surface area contributed by atoms with Gasteiger partial charge in [0.1, 0.15) is 0 Å². The van der Waals surface area contributed by atoms with Crippen LogP contribution in [-0.2, 0) is 4.74 Å². The van der Waals surface area contributed by atoms with Crippen LogP contribution in [-0.4, -0.2) is 18.2 Å². The molecule has 0 aliphatic carbocycles. The first-order chi connectivity index (χ1) is 6.77. The minimum atomic E-state index is 0.513. The second-order valence-electron chi connectivity index (χ2n) is 3.52. The summed E-state index contributed by atoms with van der Waals surface area (Å²) in [7, 11) is 0. The van der Waals surface area contributed by atoms with Gasteiger partial charge in [0.05, 0.1) is 4.47 Å². The quantitative estimate of drug-likeness (QED) is 0.839.